The Morgan fingerprint density at radius 3 is 2.58 bits per heavy atom. The monoisotopic (exact) mass is 280 g/mol. The SMILES string of the molecule is CCC(CC)N1C(=O)C(C)(CC)NC1c1cccs1. The Hall–Kier alpha value is -0.870. The number of hydrogen-bond donors (Lipinski definition) is 1. The standard InChI is InChI=1S/C15H24N2OS/c1-5-11(6-2)17-13(12-9-8-10-19-12)16-15(4,7-3)14(17)18/h8-11,13,16H,5-7H2,1-4H3. The molecule has 19 heavy (non-hydrogen) atoms. The summed E-state index contributed by atoms with van der Waals surface area (Å²) in [6.07, 6.45) is 2.88. The van der Waals surface area contributed by atoms with E-state index in [9.17, 15) is 4.79 Å². The van der Waals surface area contributed by atoms with Gasteiger partial charge in [-0.2, -0.15) is 0 Å². The molecule has 106 valence electrons. The van der Waals surface area contributed by atoms with Crippen LogP contribution in [0, 0.1) is 0 Å². The molecule has 0 aromatic carbocycles. The second kappa shape index (κ2) is 5.63. The number of rotatable bonds is 5. The lowest BCUT2D eigenvalue weighted by molar-refractivity contribution is -0.135. The highest BCUT2D eigenvalue weighted by Gasteiger charge is 2.49. The van der Waals surface area contributed by atoms with Gasteiger partial charge in [-0.15, -0.1) is 11.3 Å². The zero-order valence-corrected chi connectivity index (χ0v) is 13.1. The van der Waals surface area contributed by atoms with Crippen LogP contribution in [0.3, 0.4) is 0 Å². The molecule has 2 atom stereocenters. The topological polar surface area (TPSA) is 32.3 Å². The maximum absolute atomic E-state index is 12.8. The van der Waals surface area contributed by atoms with Crippen molar-refractivity contribution in [2.24, 2.45) is 0 Å². The highest BCUT2D eigenvalue weighted by molar-refractivity contribution is 7.10. The zero-order valence-electron chi connectivity index (χ0n) is 12.3. The van der Waals surface area contributed by atoms with Crippen LogP contribution in [0.4, 0.5) is 0 Å². The van der Waals surface area contributed by atoms with Gasteiger partial charge < -0.3 is 4.90 Å². The number of thiophene rings is 1. The molecule has 2 unspecified atom stereocenters. The fourth-order valence-corrected chi connectivity index (χ4v) is 3.58. The van der Waals surface area contributed by atoms with Gasteiger partial charge in [0.25, 0.3) is 0 Å². The Morgan fingerprint density at radius 1 is 1.42 bits per heavy atom. The first-order valence-corrected chi connectivity index (χ1v) is 8.09. The summed E-state index contributed by atoms with van der Waals surface area (Å²) in [5, 5.41) is 5.63. The molecule has 4 heteroatoms. The average molecular weight is 280 g/mol. The number of carbonyl (C=O) groups excluding carboxylic acids is 1. The molecule has 3 nitrogen and oxygen atoms in total. The zero-order chi connectivity index (χ0) is 14.0. The maximum atomic E-state index is 12.8. The molecule has 1 fully saturated rings. The number of amides is 1. The summed E-state index contributed by atoms with van der Waals surface area (Å²) in [6, 6.07) is 4.49. The van der Waals surface area contributed by atoms with Crippen molar-refractivity contribution < 1.29 is 4.79 Å². The van der Waals surface area contributed by atoms with Crippen molar-refractivity contribution in [1.29, 1.82) is 0 Å². The van der Waals surface area contributed by atoms with Gasteiger partial charge in [-0.1, -0.05) is 26.8 Å². The summed E-state index contributed by atoms with van der Waals surface area (Å²) in [5.41, 5.74) is -0.419. The number of nitrogens with one attached hydrogen (secondary N) is 1. The molecule has 1 N–H and O–H groups in total. The van der Waals surface area contributed by atoms with E-state index >= 15 is 0 Å². The van der Waals surface area contributed by atoms with E-state index in [2.05, 4.69) is 48.5 Å². The molecule has 1 saturated heterocycles. The third-order valence-electron chi connectivity index (χ3n) is 4.30. The van der Waals surface area contributed by atoms with Crippen LogP contribution in [0.15, 0.2) is 17.5 Å². The quantitative estimate of drug-likeness (QED) is 0.895. The lowest BCUT2D eigenvalue weighted by Gasteiger charge is -2.31. The van der Waals surface area contributed by atoms with Gasteiger partial charge in [0.05, 0.1) is 5.54 Å². The molecule has 1 amide bonds. The Labute approximate surface area is 120 Å². The van der Waals surface area contributed by atoms with Crippen LogP contribution in [-0.4, -0.2) is 22.4 Å². The molecular formula is C15H24N2OS. The van der Waals surface area contributed by atoms with E-state index in [-0.39, 0.29) is 12.1 Å². The first kappa shape index (κ1) is 14.5. The fourth-order valence-electron chi connectivity index (χ4n) is 2.80. The molecule has 0 radical (unpaired) electrons. The molecular weight excluding hydrogens is 256 g/mol. The van der Waals surface area contributed by atoms with Crippen LogP contribution in [0.2, 0.25) is 0 Å². The van der Waals surface area contributed by atoms with Crippen LogP contribution < -0.4 is 5.32 Å². The molecule has 2 rings (SSSR count). The predicted octanol–water partition coefficient (Wildman–Crippen LogP) is 3.54. The van der Waals surface area contributed by atoms with Crippen molar-refractivity contribution in [2.75, 3.05) is 0 Å². The lowest BCUT2D eigenvalue weighted by Crippen LogP contribution is -2.44. The lowest BCUT2D eigenvalue weighted by atomic mass is 9.98. The largest absolute Gasteiger partial charge is 0.318 e. The molecule has 0 aliphatic carbocycles. The van der Waals surface area contributed by atoms with Crippen molar-refractivity contribution in [2.45, 2.75) is 64.7 Å². The Balaban J connectivity index is 2.37. The summed E-state index contributed by atoms with van der Waals surface area (Å²) in [7, 11) is 0. The summed E-state index contributed by atoms with van der Waals surface area (Å²) < 4.78 is 0. The average Bonchev–Trinajstić information content (AvgIpc) is 3.02. The van der Waals surface area contributed by atoms with Crippen molar-refractivity contribution >= 4 is 17.2 Å². The van der Waals surface area contributed by atoms with E-state index in [1.807, 2.05) is 6.92 Å². The molecule has 2 heterocycles. The highest BCUT2D eigenvalue weighted by atomic mass is 32.1. The van der Waals surface area contributed by atoms with Gasteiger partial charge in [-0.3, -0.25) is 10.1 Å². The van der Waals surface area contributed by atoms with Crippen LogP contribution in [-0.2, 0) is 4.79 Å². The molecule has 1 aliphatic rings. The minimum absolute atomic E-state index is 0.0438. The normalized spacial score (nSPS) is 27.5. The first-order valence-electron chi connectivity index (χ1n) is 7.21. The fraction of sp³-hybridized carbons (Fsp3) is 0.667. The van der Waals surface area contributed by atoms with Gasteiger partial charge in [0.1, 0.15) is 6.17 Å². The number of hydrogen-bond acceptors (Lipinski definition) is 3. The minimum Gasteiger partial charge on any atom is -0.318 e. The Morgan fingerprint density at radius 2 is 2.11 bits per heavy atom. The van der Waals surface area contributed by atoms with Gasteiger partial charge in [0.2, 0.25) is 5.91 Å². The summed E-state index contributed by atoms with van der Waals surface area (Å²) in [6.45, 7) is 8.42. The van der Waals surface area contributed by atoms with Gasteiger partial charge in [-0.25, -0.2) is 0 Å². The van der Waals surface area contributed by atoms with Gasteiger partial charge in [-0.05, 0) is 37.6 Å². The van der Waals surface area contributed by atoms with Crippen LogP contribution in [0.1, 0.15) is 58.0 Å². The van der Waals surface area contributed by atoms with Crippen molar-refractivity contribution in [3.05, 3.63) is 22.4 Å². The van der Waals surface area contributed by atoms with Gasteiger partial charge >= 0.3 is 0 Å². The van der Waals surface area contributed by atoms with Crippen LogP contribution >= 0.6 is 11.3 Å². The van der Waals surface area contributed by atoms with Gasteiger partial charge in [0, 0.05) is 10.9 Å². The van der Waals surface area contributed by atoms with Crippen LogP contribution in [0.5, 0.6) is 0 Å². The van der Waals surface area contributed by atoms with E-state index in [4.69, 9.17) is 0 Å². The third-order valence-corrected chi connectivity index (χ3v) is 5.22. The molecule has 0 saturated carbocycles. The van der Waals surface area contributed by atoms with E-state index in [0.717, 1.165) is 19.3 Å². The summed E-state index contributed by atoms with van der Waals surface area (Å²) in [5.74, 6) is 0.252. The van der Waals surface area contributed by atoms with Crippen molar-refractivity contribution in [3.63, 3.8) is 0 Å². The van der Waals surface area contributed by atoms with Crippen LogP contribution in [0.25, 0.3) is 0 Å². The van der Waals surface area contributed by atoms with E-state index in [1.165, 1.54) is 4.88 Å². The van der Waals surface area contributed by atoms with Crippen molar-refractivity contribution in [3.8, 4) is 0 Å². The smallest absolute Gasteiger partial charge is 0.244 e. The third kappa shape index (κ3) is 2.43. The molecule has 1 aromatic heterocycles. The molecule has 0 spiro atoms. The Kier molecular flexibility index (Phi) is 4.31. The van der Waals surface area contributed by atoms with Gasteiger partial charge in [0.15, 0.2) is 0 Å². The molecule has 1 aromatic rings. The highest BCUT2D eigenvalue weighted by Crippen LogP contribution is 2.37. The van der Waals surface area contributed by atoms with E-state index in [1.54, 1.807) is 11.3 Å². The number of carbonyl (C=O) groups is 1. The summed E-state index contributed by atoms with van der Waals surface area (Å²) >= 11 is 1.72. The Bertz CT molecular complexity index is 427. The molecule has 1 aliphatic heterocycles. The van der Waals surface area contributed by atoms with E-state index in [0.29, 0.717) is 6.04 Å². The van der Waals surface area contributed by atoms with Crippen molar-refractivity contribution in [1.82, 2.24) is 10.2 Å². The first-order chi connectivity index (χ1) is 9.07. The summed E-state index contributed by atoms with van der Waals surface area (Å²) in [4.78, 5) is 16.1. The number of nitrogens with zero attached hydrogens (tertiary/aromatic N) is 1. The molecule has 0 bridgehead atoms. The van der Waals surface area contributed by atoms with E-state index < -0.39 is 5.54 Å². The second-order valence-electron chi connectivity index (χ2n) is 5.43. The second-order valence-corrected chi connectivity index (χ2v) is 6.41. The predicted molar refractivity (Wildman–Crippen MR) is 80.1 cm³/mol. The maximum Gasteiger partial charge on any atom is 0.244 e. The minimum atomic E-state index is -0.419.